The fourth-order valence-corrected chi connectivity index (χ4v) is 2.18. The lowest BCUT2D eigenvalue weighted by atomic mass is 9.86. The average molecular weight is 279 g/mol. The molecule has 0 amide bonds. The summed E-state index contributed by atoms with van der Waals surface area (Å²) in [7, 11) is 0. The SMILES string of the molecule is CCC(N)(c1cccc(-c2ccccc2)c1)C(F)(F)F. The van der Waals surface area contributed by atoms with E-state index in [2.05, 4.69) is 0 Å². The summed E-state index contributed by atoms with van der Waals surface area (Å²) in [5.41, 5.74) is 5.00. The third-order valence-electron chi connectivity index (χ3n) is 3.55. The minimum atomic E-state index is -4.48. The van der Waals surface area contributed by atoms with Crippen LogP contribution in [0.25, 0.3) is 11.1 Å². The Morgan fingerprint density at radius 2 is 1.50 bits per heavy atom. The van der Waals surface area contributed by atoms with Crippen LogP contribution in [0.2, 0.25) is 0 Å². The number of halogens is 3. The van der Waals surface area contributed by atoms with E-state index in [1.165, 1.54) is 19.1 Å². The molecule has 2 aromatic rings. The van der Waals surface area contributed by atoms with E-state index in [1.54, 1.807) is 12.1 Å². The van der Waals surface area contributed by atoms with E-state index in [-0.39, 0.29) is 12.0 Å². The number of nitrogens with two attached hydrogens (primary N) is 1. The summed E-state index contributed by atoms with van der Waals surface area (Å²) in [5, 5.41) is 0. The van der Waals surface area contributed by atoms with Crippen molar-refractivity contribution >= 4 is 0 Å². The van der Waals surface area contributed by atoms with Gasteiger partial charge < -0.3 is 5.73 Å². The van der Waals surface area contributed by atoms with Gasteiger partial charge in [-0.1, -0.05) is 55.5 Å². The highest BCUT2D eigenvalue weighted by molar-refractivity contribution is 5.64. The van der Waals surface area contributed by atoms with Gasteiger partial charge in [-0.2, -0.15) is 13.2 Å². The molecule has 0 aromatic heterocycles. The normalized spacial score (nSPS) is 14.8. The number of hydrogen-bond donors (Lipinski definition) is 1. The molecule has 106 valence electrons. The number of benzene rings is 2. The highest BCUT2D eigenvalue weighted by Gasteiger charge is 2.51. The van der Waals surface area contributed by atoms with E-state index >= 15 is 0 Å². The minimum Gasteiger partial charge on any atom is -0.314 e. The van der Waals surface area contributed by atoms with Crippen LogP contribution >= 0.6 is 0 Å². The van der Waals surface area contributed by atoms with E-state index in [1.807, 2.05) is 30.3 Å². The maximum absolute atomic E-state index is 13.2. The van der Waals surface area contributed by atoms with Crippen LogP contribution in [0.1, 0.15) is 18.9 Å². The van der Waals surface area contributed by atoms with Gasteiger partial charge in [0, 0.05) is 0 Å². The second kappa shape index (κ2) is 5.29. The molecule has 2 aromatic carbocycles. The summed E-state index contributed by atoms with van der Waals surface area (Å²) < 4.78 is 39.6. The Balaban J connectivity index is 2.50. The largest absolute Gasteiger partial charge is 0.410 e. The third-order valence-corrected chi connectivity index (χ3v) is 3.55. The zero-order chi connectivity index (χ0) is 14.8. The smallest absolute Gasteiger partial charge is 0.314 e. The Kier molecular flexibility index (Phi) is 3.86. The third kappa shape index (κ3) is 2.56. The summed E-state index contributed by atoms with van der Waals surface area (Å²) in [6, 6.07) is 15.6. The summed E-state index contributed by atoms with van der Waals surface area (Å²) in [6.07, 6.45) is -4.67. The van der Waals surface area contributed by atoms with E-state index in [9.17, 15) is 13.2 Å². The maximum atomic E-state index is 13.2. The van der Waals surface area contributed by atoms with Gasteiger partial charge in [0.15, 0.2) is 0 Å². The van der Waals surface area contributed by atoms with E-state index < -0.39 is 11.7 Å². The van der Waals surface area contributed by atoms with Crippen LogP contribution in [-0.4, -0.2) is 6.18 Å². The summed E-state index contributed by atoms with van der Waals surface area (Å²) >= 11 is 0. The van der Waals surface area contributed by atoms with Gasteiger partial charge in [-0.3, -0.25) is 0 Å². The first-order valence-corrected chi connectivity index (χ1v) is 6.40. The molecule has 0 fully saturated rings. The lowest BCUT2D eigenvalue weighted by Gasteiger charge is -2.31. The molecule has 1 atom stereocenters. The predicted octanol–water partition coefficient (Wildman–Crippen LogP) is 4.48. The van der Waals surface area contributed by atoms with E-state index in [0.29, 0.717) is 0 Å². The first-order chi connectivity index (χ1) is 9.38. The van der Waals surface area contributed by atoms with Gasteiger partial charge in [-0.15, -0.1) is 0 Å². The molecular weight excluding hydrogens is 263 g/mol. The summed E-state index contributed by atoms with van der Waals surface area (Å²) in [4.78, 5) is 0. The van der Waals surface area contributed by atoms with Crippen LogP contribution < -0.4 is 5.73 Å². The molecule has 0 aliphatic rings. The van der Waals surface area contributed by atoms with Crippen molar-refractivity contribution in [2.45, 2.75) is 25.1 Å². The van der Waals surface area contributed by atoms with E-state index in [4.69, 9.17) is 5.73 Å². The zero-order valence-electron chi connectivity index (χ0n) is 11.1. The molecule has 2 rings (SSSR count). The first kappa shape index (κ1) is 14.6. The second-order valence-corrected chi connectivity index (χ2v) is 4.77. The van der Waals surface area contributed by atoms with Gasteiger partial charge >= 0.3 is 6.18 Å². The molecule has 0 bridgehead atoms. The molecular formula is C16H16F3N. The van der Waals surface area contributed by atoms with Crippen molar-refractivity contribution in [3.05, 3.63) is 60.2 Å². The van der Waals surface area contributed by atoms with Crippen LogP contribution in [0.3, 0.4) is 0 Å². The highest BCUT2D eigenvalue weighted by Crippen LogP contribution is 2.40. The Labute approximate surface area is 116 Å². The molecule has 2 N–H and O–H groups in total. The maximum Gasteiger partial charge on any atom is 0.410 e. The van der Waals surface area contributed by atoms with Crippen LogP contribution in [0, 0.1) is 0 Å². The van der Waals surface area contributed by atoms with Gasteiger partial charge in [0.2, 0.25) is 0 Å². The van der Waals surface area contributed by atoms with Gasteiger partial charge in [-0.05, 0) is 29.2 Å². The lowest BCUT2D eigenvalue weighted by molar-refractivity contribution is -0.190. The van der Waals surface area contributed by atoms with Crippen LogP contribution in [0.15, 0.2) is 54.6 Å². The number of rotatable bonds is 3. The van der Waals surface area contributed by atoms with Crippen LogP contribution in [0.4, 0.5) is 13.2 Å². The van der Waals surface area contributed by atoms with Crippen molar-refractivity contribution < 1.29 is 13.2 Å². The molecule has 0 radical (unpaired) electrons. The topological polar surface area (TPSA) is 26.0 Å². The van der Waals surface area contributed by atoms with Crippen molar-refractivity contribution in [1.29, 1.82) is 0 Å². The molecule has 4 heteroatoms. The van der Waals surface area contributed by atoms with Crippen molar-refractivity contribution in [2.24, 2.45) is 5.73 Å². The standard InChI is InChI=1S/C16H16F3N/c1-2-15(20,16(17,18)19)14-10-6-9-13(11-14)12-7-4-3-5-8-12/h3-11H,2,20H2,1H3. The monoisotopic (exact) mass is 279 g/mol. The van der Waals surface area contributed by atoms with Gasteiger partial charge in [-0.25, -0.2) is 0 Å². The quantitative estimate of drug-likeness (QED) is 0.880. The average Bonchev–Trinajstić information content (AvgIpc) is 2.46. The van der Waals surface area contributed by atoms with Crippen LogP contribution in [0.5, 0.6) is 0 Å². The van der Waals surface area contributed by atoms with Crippen LogP contribution in [-0.2, 0) is 5.54 Å². The van der Waals surface area contributed by atoms with Gasteiger partial charge in [0.25, 0.3) is 0 Å². The molecule has 1 nitrogen and oxygen atoms in total. The Morgan fingerprint density at radius 3 is 2.05 bits per heavy atom. The summed E-state index contributed by atoms with van der Waals surface area (Å²) in [5.74, 6) is 0. The molecule has 0 aliphatic carbocycles. The molecule has 1 unspecified atom stereocenters. The Hall–Kier alpha value is -1.81. The Bertz CT molecular complexity index is 578. The molecule has 0 saturated heterocycles. The molecule has 0 heterocycles. The van der Waals surface area contributed by atoms with Gasteiger partial charge in [0.05, 0.1) is 0 Å². The molecule has 20 heavy (non-hydrogen) atoms. The highest BCUT2D eigenvalue weighted by atomic mass is 19.4. The van der Waals surface area contributed by atoms with Gasteiger partial charge in [0.1, 0.15) is 5.54 Å². The fraction of sp³-hybridized carbons (Fsp3) is 0.250. The second-order valence-electron chi connectivity index (χ2n) is 4.77. The molecule has 0 saturated carbocycles. The van der Waals surface area contributed by atoms with E-state index in [0.717, 1.165) is 11.1 Å². The zero-order valence-corrected chi connectivity index (χ0v) is 11.1. The molecule has 0 spiro atoms. The minimum absolute atomic E-state index is 0.0915. The fourth-order valence-electron chi connectivity index (χ4n) is 2.18. The van der Waals surface area contributed by atoms with Crippen molar-refractivity contribution in [3.63, 3.8) is 0 Å². The first-order valence-electron chi connectivity index (χ1n) is 6.40. The molecule has 0 aliphatic heterocycles. The van der Waals surface area contributed by atoms with Crippen molar-refractivity contribution in [2.75, 3.05) is 0 Å². The van der Waals surface area contributed by atoms with Crippen molar-refractivity contribution in [3.8, 4) is 11.1 Å². The predicted molar refractivity (Wildman–Crippen MR) is 74.1 cm³/mol. The Morgan fingerprint density at radius 1 is 0.900 bits per heavy atom. The number of hydrogen-bond acceptors (Lipinski definition) is 1. The lowest BCUT2D eigenvalue weighted by Crippen LogP contribution is -2.49. The number of alkyl halides is 3. The summed E-state index contributed by atoms with van der Waals surface area (Å²) in [6.45, 7) is 1.45. The van der Waals surface area contributed by atoms with Crippen molar-refractivity contribution in [1.82, 2.24) is 0 Å².